The summed E-state index contributed by atoms with van der Waals surface area (Å²) in [5, 5.41) is 6.08. The first kappa shape index (κ1) is 20.4. The van der Waals surface area contributed by atoms with Crippen molar-refractivity contribution in [3.05, 3.63) is 74.4 Å². The number of hydrogen-bond donors (Lipinski definition) is 2. The lowest BCUT2D eigenvalue weighted by atomic mass is 10.2. The van der Waals surface area contributed by atoms with E-state index >= 15 is 0 Å². The average Bonchev–Trinajstić information content (AvgIpc) is 3.15. The maximum atomic E-state index is 13.1. The number of benzene rings is 2. The maximum Gasteiger partial charge on any atom is 0.332 e. The molecule has 9 nitrogen and oxygen atoms in total. The van der Waals surface area contributed by atoms with Crippen LogP contribution >= 0.6 is 11.6 Å². The summed E-state index contributed by atoms with van der Waals surface area (Å²) in [7, 11) is 1.39. The second kappa shape index (κ2) is 8.11. The van der Waals surface area contributed by atoms with Gasteiger partial charge in [-0.25, -0.2) is 9.36 Å². The first-order chi connectivity index (χ1) is 14.9. The molecule has 2 heterocycles. The highest BCUT2D eigenvalue weighted by molar-refractivity contribution is 6.30. The van der Waals surface area contributed by atoms with Crippen LogP contribution in [0.15, 0.2) is 62.5 Å². The Morgan fingerprint density at radius 2 is 1.65 bits per heavy atom. The molecule has 10 heteroatoms. The van der Waals surface area contributed by atoms with Gasteiger partial charge in [-0.05, 0) is 36.4 Å². The van der Waals surface area contributed by atoms with Gasteiger partial charge in [-0.1, -0.05) is 23.7 Å². The minimum Gasteiger partial charge on any atom is -0.449 e. The normalized spacial score (nSPS) is 11.0. The Bertz CT molecular complexity index is 1430. The third-order valence-electron chi connectivity index (χ3n) is 4.75. The number of carbonyl (C=O) groups is 2. The van der Waals surface area contributed by atoms with Gasteiger partial charge in [-0.15, -0.1) is 0 Å². The predicted octanol–water partition coefficient (Wildman–Crippen LogP) is 1.95. The number of likely N-dealkylation sites (N-methyl/N-ethyl adjacent to an activating group) is 1. The van der Waals surface area contributed by atoms with E-state index in [9.17, 15) is 19.2 Å². The molecule has 0 aliphatic rings. The van der Waals surface area contributed by atoms with E-state index in [-0.39, 0.29) is 11.1 Å². The van der Waals surface area contributed by atoms with Gasteiger partial charge < -0.3 is 15.1 Å². The van der Waals surface area contributed by atoms with Crippen molar-refractivity contribution < 1.29 is 14.0 Å². The van der Waals surface area contributed by atoms with Gasteiger partial charge in [0.15, 0.2) is 0 Å². The lowest BCUT2D eigenvalue weighted by Gasteiger charge is -2.12. The third-order valence-corrected chi connectivity index (χ3v) is 5.00. The van der Waals surface area contributed by atoms with Crippen molar-refractivity contribution >= 4 is 51.2 Å². The van der Waals surface area contributed by atoms with Gasteiger partial charge in [0.25, 0.3) is 5.56 Å². The number of rotatable bonds is 5. The van der Waals surface area contributed by atoms with E-state index < -0.39 is 36.2 Å². The Balaban J connectivity index is 1.86. The monoisotopic (exact) mass is 440 g/mol. The van der Waals surface area contributed by atoms with E-state index in [0.717, 1.165) is 9.13 Å². The lowest BCUT2D eigenvalue weighted by Crippen LogP contribution is -2.44. The largest absolute Gasteiger partial charge is 0.449 e. The van der Waals surface area contributed by atoms with Gasteiger partial charge in [0, 0.05) is 23.1 Å². The zero-order valence-electron chi connectivity index (χ0n) is 16.3. The topological polar surface area (TPSA) is 115 Å². The summed E-state index contributed by atoms with van der Waals surface area (Å²) in [5.41, 5.74) is -0.560. The number of anilines is 1. The van der Waals surface area contributed by atoms with Crippen molar-refractivity contribution in [2.75, 3.05) is 12.4 Å². The van der Waals surface area contributed by atoms with Crippen LogP contribution in [-0.2, 0) is 22.7 Å². The van der Waals surface area contributed by atoms with E-state index in [1.165, 1.54) is 7.05 Å². The highest BCUT2D eigenvalue weighted by Gasteiger charge is 2.22. The van der Waals surface area contributed by atoms with Crippen LogP contribution < -0.4 is 21.9 Å². The standard InChI is InChI=1S/C21H17ClN4O5/c1-23-16(27)10-26-20(29)19-18(14-4-2-3-5-15(14)31-19)25(21(26)30)11-17(28)24-13-8-6-12(22)7-9-13/h2-9H,10-11H2,1H3,(H,23,27)(H,24,28). The first-order valence-electron chi connectivity index (χ1n) is 9.30. The minimum atomic E-state index is -0.793. The average molecular weight is 441 g/mol. The molecular formula is C21H17ClN4O5. The van der Waals surface area contributed by atoms with Gasteiger partial charge in [0.05, 0.1) is 0 Å². The molecular weight excluding hydrogens is 424 g/mol. The van der Waals surface area contributed by atoms with Crippen molar-refractivity contribution in [3.8, 4) is 0 Å². The van der Waals surface area contributed by atoms with E-state index in [1.807, 2.05) is 0 Å². The van der Waals surface area contributed by atoms with E-state index in [4.69, 9.17) is 16.0 Å². The van der Waals surface area contributed by atoms with Crippen LogP contribution in [-0.4, -0.2) is 28.0 Å². The van der Waals surface area contributed by atoms with Gasteiger partial charge in [-0.2, -0.15) is 0 Å². The van der Waals surface area contributed by atoms with Gasteiger partial charge in [0.1, 0.15) is 24.2 Å². The second-order valence-corrected chi connectivity index (χ2v) is 7.20. The Morgan fingerprint density at radius 3 is 2.35 bits per heavy atom. The number of nitrogens with zero attached hydrogens (tertiary/aromatic N) is 2. The summed E-state index contributed by atoms with van der Waals surface area (Å²) in [4.78, 5) is 50.6. The highest BCUT2D eigenvalue weighted by atomic mass is 35.5. The number of amides is 2. The number of para-hydroxylation sites is 1. The Hall–Kier alpha value is -3.85. The molecule has 158 valence electrons. The number of carbonyl (C=O) groups excluding carboxylic acids is 2. The molecule has 2 amide bonds. The summed E-state index contributed by atoms with van der Waals surface area (Å²) >= 11 is 5.86. The molecule has 4 rings (SSSR count). The van der Waals surface area contributed by atoms with Gasteiger partial charge in [0.2, 0.25) is 17.4 Å². The van der Waals surface area contributed by atoms with Crippen LogP contribution in [0.5, 0.6) is 0 Å². The molecule has 0 aliphatic carbocycles. The van der Waals surface area contributed by atoms with Crippen LogP contribution in [0, 0.1) is 0 Å². The molecule has 0 atom stereocenters. The maximum absolute atomic E-state index is 13.1. The third kappa shape index (κ3) is 3.82. The van der Waals surface area contributed by atoms with Crippen LogP contribution in [0.3, 0.4) is 0 Å². The summed E-state index contributed by atoms with van der Waals surface area (Å²) in [6.45, 7) is -0.893. The van der Waals surface area contributed by atoms with Crippen LogP contribution in [0.2, 0.25) is 5.02 Å². The fraction of sp³-hybridized carbons (Fsp3) is 0.143. The van der Waals surface area contributed by atoms with Gasteiger partial charge in [-0.3, -0.25) is 19.0 Å². The van der Waals surface area contributed by atoms with Gasteiger partial charge >= 0.3 is 5.69 Å². The molecule has 2 N–H and O–H groups in total. The Morgan fingerprint density at radius 1 is 0.968 bits per heavy atom. The fourth-order valence-corrected chi connectivity index (χ4v) is 3.41. The molecule has 0 saturated heterocycles. The molecule has 2 aromatic heterocycles. The quantitative estimate of drug-likeness (QED) is 0.492. The fourth-order valence-electron chi connectivity index (χ4n) is 3.28. The highest BCUT2D eigenvalue weighted by Crippen LogP contribution is 2.25. The SMILES string of the molecule is CNC(=O)Cn1c(=O)c2oc3ccccc3c2n(CC(=O)Nc2ccc(Cl)cc2)c1=O. The van der Waals surface area contributed by atoms with Crippen LogP contribution in [0.1, 0.15) is 0 Å². The van der Waals surface area contributed by atoms with E-state index in [1.54, 1.807) is 48.5 Å². The second-order valence-electron chi connectivity index (χ2n) is 6.76. The predicted molar refractivity (Wildman–Crippen MR) is 116 cm³/mol. The smallest absolute Gasteiger partial charge is 0.332 e. The molecule has 0 saturated carbocycles. The Kier molecular flexibility index (Phi) is 5.35. The molecule has 0 aliphatic heterocycles. The van der Waals surface area contributed by atoms with Crippen LogP contribution in [0.4, 0.5) is 5.69 Å². The Labute approximate surface area is 179 Å². The summed E-state index contributed by atoms with van der Waals surface area (Å²) < 4.78 is 7.56. The lowest BCUT2D eigenvalue weighted by molar-refractivity contribution is -0.121. The van der Waals surface area contributed by atoms with Crippen molar-refractivity contribution in [2.45, 2.75) is 13.1 Å². The number of aromatic nitrogens is 2. The summed E-state index contributed by atoms with van der Waals surface area (Å²) in [5.74, 6) is -1.03. The molecule has 0 unspecified atom stereocenters. The molecule has 0 spiro atoms. The van der Waals surface area contributed by atoms with Crippen LogP contribution in [0.25, 0.3) is 22.1 Å². The minimum absolute atomic E-state index is 0.107. The van der Waals surface area contributed by atoms with E-state index in [0.29, 0.717) is 21.7 Å². The number of hydrogen-bond acceptors (Lipinski definition) is 5. The zero-order chi connectivity index (χ0) is 22.1. The number of furan rings is 1. The molecule has 2 aromatic carbocycles. The number of fused-ring (bicyclic) bond motifs is 3. The van der Waals surface area contributed by atoms with E-state index in [2.05, 4.69) is 10.6 Å². The van der Waals surface area contributed by atoms with Crippen molar-refractivity contribution in [1.29, 1.82) is 0 Å². The molecule has 0 fully saturated rings. The number of halogens is 1. The first-order valence-corrected chi connectivity index (χ1v) is 9.67. The molecule has 31 heavy (non-hydrogen) atoms. The summed E-state index contributed by atoms with van der Waals surface area (Å²) in [6, 6.07) is 13.3. The van der Waals surface area contributed by atoms with Crippen molar-refractivity contribution in [1.82, 2.24) is 14.5 Å². The molecule has 0 radical (unpaired) electrons. The van der Waals surface area contributed by atoms with Crippen molar-refractivity contribution in [3.63, 3.8) is 0 Å². The molecule has 0 bridgehead atoms. The zero-order valence-corrected chi connectivity index (χ0v) is 17.1. The number of nitrogens with one attached hydrogen (secondary N) is 2. The molecule has 4 aromatic rings. The summed E-state index contributed by atoms with van der Waals surface area (Å²) in [6.07, 6.45) is 0. The van der Waals surface area contributed by atoms with Crippen molar-refractivity contribution in [2.24, 2.45) is 0 Å².